The number of alkyl carbamates (subject to hydrolysis) is 1. The lowest BCUT2D eigenvalue weighted by Crippen LogP contribution is -2.44. The van der Waals surface area contributed by atoms with E-state index in [-0.39, 0.29) is 24.6 Å². The summed E-state index contributed by atoms with van der Waals surface area (Å²) in [4.78, 5) is 46.2. The van der Waals surface area contributed by atoms with Gasteiger partial charge in [-0.05, 0) is 64.0 Å². The number of thioether (sulfide) groups is 1. The summed E-state index contributed by atoms with van der Waals surface area (Å²) in [6.07, 6.45) is 1.04. The zero-order valence-corrected chi connectivity index (χ0v) is 24.7. The summed E-state index contributed by atoms with van der Waals surface area (Å²) in [5.41, 5.74) is 1.53. The van der Waals surface area contributed by atoms with E-state index in [9.17, 15) is 14.4 Å². The number of ether oxygens (including phenoxy) is 3. The van der Waals surface area contributed by atoms with E-state index in [2.05, 4.69) is 20.9 Å². The third kappa shape index (κ3) is 8.76. The number of carbonyl (C=O) groups is 3. The van der Waals surface area contributed by atoms with Crippen LogP contribution in [-0.4, -0.2) is 84.2 Å². The monoisotopic (exact) mass is 584 g/mol. The Morgan fingerprint density at radius 1 is 1.07 bits per heavy atom. The zero-order valence-electron chi connectivity index (χ0n) is 23.9. The molecule has 12 nitrogen and oxygen atoms in total. The van der Waals surface area contributed by atoms with Crippen LogP contribution in [0.4, 0.5) is 15.3 Å². The first-order chi connectivity index (χ1) is 19.5. The molecule has 0 fully saturated rings. The van der Waals surface area contributed by atoms with Gasteiger partial charge in [-0.2, -0.15) is 0 Å². The van der Waals surface area contributed by atoms with Gasteiger partial charge in [-0.15, -0.1) is 11.8 Å². The Kier molecular flexibility index (Phi) is 9.61. The molecule has 0 spiro atoms. The van der Waals surface area contributed by atoms with E-state index < -0.39 is 17.6 Å². The smallest absolute Gasteiger partial charge is 0.408 e. The Hall–Kier alpha value is -3.97. The van der Waals surface area contributed by atoms with E-state index in [1.165, 1.54) is 11.8 Å². The molecule has 0 bridgehead atoms. The minimum absolute atomic E-state index is 0.156. The van der Waals surface area contributed by atoms with Crippen LogP contribution < -0.4 is 25.4 Å². The number of likely N-dealkylation sites (N-methyl/N-ethyl adjacent to an activating group) is 1. The summed E-state index contributed by atoms with van der Waals surface area (Å²) in [7, 11) is 3.88. The highest BCUT2D eigenvalue weighted by Gasteiger charge is 2.27. The number of urea groups is 1. The number of hydrogen-bond donors (Lipinski definition) is 3. The van der Waals surface area contributed by atoms with E-state index in [4.69, 9.17) is 14.2 Å². The van der Waals surface area contributed by atoms with Crippen molar-refractivity contribution in [2.75, 3.05) is 45.0 Å². The molecule has 0 radical (unpaired) electrons. The average molecular weight is 585 g/mol. The van der Waals surface area contributed by atoms with Crippen molar-refractivity contribution in [3.63, 3.8) is 0 Å². The van der Waals surface area contributed by atoms with Gasteiger partial charge in [0.15, 0.2) is 11.5 Å². The second kappa shape index (κ2) is 13.1. The van der Waals surface area contributed by atoms with Crippen LogP contribution >= 0.6 is 11.8 Å². The normalized spacial score (nSPS) is 15.8. The van der Waals surface area contributed by atoms with Gasteiger partial charge in [0.05, 0.1) is 6.04 Å². The number of benzene rings is 1. The maximum absolute atomic E-state index is 13.2. The number of hydrogen-bond acceptors (Lipinski definition) is 9. The van der Waals surface area contributed by atoms with Crippen LogP contribution in [-0.2, 0) is 11.3 Å². The molecular formula is C28H36N6O6S. The summed E-state index contributed by atoms with van der Waals surface area (Å²) < 4.78 is 16.1. The molecule has 1 aromatic carbocycles. The van der Waals surface area contributed by atoms with Crippen molar-refractivity contribution in [2.45, 2.75) is 39.0 Å². The molecule has 3 N–H and O–H groups in total. The van der Waals surface area contributed by atoms with Crippen molar-refractivity contribution in [1.82, 2.24) is 25.4 Å². The van der Waals surface area contributed by atoms with Crippen molar-refractivity contribution in [1.29, 1.82) is 0 Å². The van der Waals surface area contributed by atoms with Crippen molar-refractivity contribution < 1.29 is 28.6 Å². The maximum Gasteiger partial charge on any atom is 0.408 e. The van der Waals surface area contributed by atoms with E-state index in [1.807, 2.05) is 19.0 Å². The molecule has 41 heavy (non-hydrogen) atoms. The molecule has 2 aliphatic heterocycles. The topological polar surface area (TPSA) is 134 Å². The number of rotatable bonds is 9. The number of carbonyl (C=O) groups excluding carboxylic acids is 3. The lowest BCUT2D eigenvalue weighted by atomic mass is 10.2. The first kappa shape index (κ1) is 30.0. The molecule has 1 unspecified atom stereocenters. The van der Waals surface area contributed by atoms with Crippen LogP contribution in [0.5, 0.6) is 11.5 Å². The highest BCUT2D eigenvalue weighted by molar-refractivity contribution is 8.02. The molecule has 4 rings (SSSR count). The summed E-state index contributed by atoms with van der Waals surface area (Å²) in [6.45, 7) is 6.95. The quantitative estimate of drug-likeness (QED) is 0.404. The van der Waals surface area contributed by atoms with Crippen LogP contribution in [0.1, 0.15) is 36.8 Å². The molecule has 0 saturated carbocycles. The number of aromatic nitrogens is 1. The van der Waals surface area contributed by atoms with Crippen LogP contribution in [0, 0.1) is 0 Å². The van der Waals surface area contributed by atoms with Crippen LogP contribution in [0.15, 0.2) is 47.6 Å². The number of pyridine rings is 1. The van der Waals surface area contributed by atoms with Gasteiger partial charge >= 0.3 is 12.1 Å². The third-order valence-electron chi connectivity index (χ3n) is 5.96. The Labute approximate surface area is 243 Å². The fourth-order valence-electron chi connectivity index (χ4n) is 3.91. The van der Waals surface area contributed by atoms with E-state index in [0.717, 1.165) is 5.56 Å². The second-order valence-corrected chi connectivity index (χ2v) is 11.7. The fourth-order valence-corrected chi connectivity index (χ4v) is 4.86. The second-order valence-electron chi connectivity index (χ2n) is 10.8. The molecule has 2 aliphatic rings. The highest BCUT2D eigenvalue weighted by Crippen LogP contribution is 2.34. The summed E-state index contributed by atoms with van der Waals surface area (Å²) in [6, 6.07) is 7.97. The SMILES string of the molecule is CN(C)CCN(Cc1ccc(C(=O)NC2=CSCC2NC(=O)OC(C)(C)C)nc1)C(=O)Nc1ccc2c(c1)OCO2. The first-order valence-electron chi connectivity index (χ1n) is 13.1. The van der Waals surface area contributed by atoms with E-state index >= 15 is 0 Å². The Morgan fingerprint density at radius 3 is 2.56 bits per heavy atom. The number of anilines is 1. The minimum Gasteiger partial charge on any atom is -0.454 e. The molecule has 0 saturated heterocycles. The van der Waals surface area contributed by atoms with E-state index in [0.29, 0.717) is 48.3 Å². The molecule has 1 aromatic heterocycles. The van der Waals surface area contributed by atoms with Crippen molar-refractivity contribution in [3.05, 3.63) is 58.9 Å². The van der Waals surface area contributed by atoms with E-state index in [1.54, 1.807) is 67.6 Å². The van der Waals surface area contributed by atoms with Crippen LogP contribution in [0.2, 0.25) is 0 Å². The van der Waals surface area contributed by atoms with Crippen molar-refractivity contribution >= 4 is 35.5 Å². The summed E-state index contributed by atoms with van der Waals surface area (Å²) >= 11 is 1.48. The molecule has 0 aliphatic carbocycles. The Balaban J connectivity index is 1.36. The summed E-state index contributed by atoms with van der Waals surface area (Å²) in [5, 5.41) is 10.3. The van der Waals surface area contributed by atoms with Gasteiger partial charge < -0.3 is 40.0 Å². The van der Waals surface area contributed by atoms with Gasteiger partial charge in [-0.25, -0.2) is 9.59 Å². The van der Waals surface area contributed by atoms with Crippen molar-refractivity contribution in [2.24, 2.45) is 0 Å². The van der Waals surface area contributed by atoms with Crippen LogP contribution in [0.3, 0.4) is 0 Å². The lowest BCUT2D eigenvalue weighted by Gasteiger charge is -2.25. The predicted octanol–water partition coefficient (Wildman–Crippen LogP) is 3.62. The Bertz CT molecular complexity index is 1290. The Morgan fingerprint density at radius 2 is 1.85 bits per heavy atom. The summed E-state index contributed by atoms with van der Waals surface area (Å²) in [5.74, 6) is 1.41. The predicted molar refractivity (Wildman–Crippen MR) is 156 cm³/mol. The molecule has 4 amide bonds. The standard InChI is InChI=1S/C28H36N6O6S/c1-28(2,3)40-27(37)32-22-16-41-15-21(22)31-25(35)20-8-6-18(13-29-20)14-34(11-10-33(4)5)26(36)30-19-7-9-23-24(12-19)39-17-38-23/h6-9,12-13,15,22H,10-11,14,16-17H2,1-5H3,(H,30,36)(H,31,35)(H,32,37). The first-order valence-corrected chi connectivity index (χ1v) is 14.2. The number of nitrogens with one attached hydrogen (secondary N) is 3. The number of amides is 4. The molecule has 13 heteroatoms. The minimum atomic E-state index is -0.622. The van der Waals surface area contributed by atoms with Gasteiger partial charge in [0, 0.05) is 49.0 Å². The number of fused-ring (bicyclic) bond motifs is 1. The van der Waals surface area contributed by atoms with Crippen LogP contribution in [0.25, 0.3) is 0 Å². The van der Waals surface area contributed by atoms with Gasteiger partial charge in [-0.1, -0.05) is 6.07 Å². The van der Waals surface area contributed by atoms with Gasteiger partial charge in [0.2, 0.25) is 6.79 Å². The number of nitrogens with zero attached hydrogens (tertiary/aromatic N) is 3. The fraction of sp³-hybridized carbons (Fsp3) is 0.429. The molecule has 2 aromatic rings. The zero-order chi connectivity index (χ0) is 29.6. The van der Waals surface area contributed by atoms with Gasteiger partial charge in [0.25, 0.3) is 5.91 Å². The lowest BCUT2D eigenvalue weighted by molar-refractivity contribution is 0.0514. The third-order valence-corrected chi connectivity index (χ3v) is 6.90. The average Bonchev–Trinajstić information content (AvgIpc) is 3.54. The van der Waals surface area contributed by atoms with Gasteiger partial charge in [-0.3, -0.25) is 9.78 Å². The molecule has 220 valence electrons. The molecular weight excluding hydrogens is 548 g/mol. The highest BCUT2D eigenvalue weighted by atomic mass is 32.2. The van der Waals surface area contributed by atoms with Crippen molar-refractivity contribution in [3.8, 4) is 11.5 Å². The van der Waals surface area contributed by atoms with Gasteiger partial charge in [0.1, 0.15) is 11.3 Å². The molecule has 1 atom stereocenters. The largest absolute Gasteiger partial charge is 0.454 e. The maximum atomic E-state index is 13.2. The molecule has 3 heterocycles.